The zero-order chi connectivity index (χ0) is 19.3. The molecular weight excluding hydrogens is 340 g/mol. The summed E-state index contributed by atoms with van der Waals surface area (Å²) in [4.78, 5) is 10.9. The molecule has 0 radical (unpaired) electrons. The van der Waals surface area contributed by atoms with Gasteiger partial charge in [-0.2, -0.15) is 10.2 Å². The molecule has 5 nitrogen and oxygen atoms in total. The summed E-state index contributed by atoms with van der Waals surface area (Å²) in [7, 11) is 0. The van der Waals surface area contributed by atoms with Gasteiger partial charge in [-0.25, -0.2) is 4.79 Å². The second-order valence-corrected chi connectivity index (χ2v) is 6.16. The Morgan fingerprint density at radius 3 is 2.04 bits per heavy atom. The summed E-state index contributed by atoms with van der Waals surface area (Å²) in [5.74, 6) is 0.462. The van der Waals surface area contributed by atoms with Crippen molar-refractivity contribution >= 4 is 17.3 Å². The van der Waals surface area contributed by atoms with Crippen LogP contribution in [0.5, 0.6) is 5.75 Å². The highest BCUT2D eigenvalue weighted by Gasteiger charge is 1.98. The van der Waals surface area contributed by atoms with Crippen molar-refractivity contribution in [2.24, 2.45) is 10.2 Å². The number of benzene rings is 2. The predicted octanol–water partition coefficient (Wildman–Crippen LogP) is 6.08. The van der Waals surface area contributed by atoms with Crippen LogP contribution in [0.4, 0.5) is 11.4 Å². The van der Waals surface area contributed by atoms with Crippen molar-refractivity contribution in [1.29, 1.82) is 0 Å². The highest BCUT2D eigenvalue weighted by atomic mass is 16.5. The molecule has 0 saturated heterocycles. The molecule has 2 rings (SSSR count). The lowest BCUT2D eigenvalue weighted by atomic mass is 10.2. The van der Waals surface area contributed by atoms with Crippen LogP contribution in [0.1, 0.15) is 31.2 Å². The van der Waals surface area contributed by atoms with Gasteiger partial charge < -0.3 is 9.47 Å². The molecule has 0 aliphatic rings. The monoisotopic (exact) mass is 366 g/mol. The maximum atomic E-state index is 10.9. The van der Waals surface area contributed by atoms with E-state index >= 15 is 0 Å². The highest BCUT2D eigenvalue weighted by Crippen LogP contribution is 2.21. The molecule has 0 fully saturated rings. The third-order valence-electron chi connectivity index (χ3n) is 3.87. The number of carbonyl (C=O) groups excluding carboxylic acids is 1. The first-order chi connectivity index (χ1) is 13.2. The van der Waals surface area contributed by atoms with Crippen LogP contribution >= 0.6 is 0 Å². The zero-order valence-corrected chi connectivity index (χ0v) is 15.8. The van der Waals surface area contributed by atoms with E-state index in [-0.39, 0.29) is 5.97 Å². The molecule has 0 aliphatic heterocycles. The van der Waals surface area contributed by atoms with Crippen molar-refractivity contribution in [3.63, 3.8) is 0 Å². The standard InChI is InChI=1S/C22H26N2O3/c1-3-22(25)27-17-7-5-4-6-16-26-21-14-12-20(13-15-21)24-23-19-10-8-18(2)9-11-19/h3,8-15H,1,4-7,16-17H2,2H3. The lowest BCUT2D eigenvalue weighted by molar-refractivity contribution is -0.137. The highest BCUT2D eigenvalue weighted by molar-refractivity contribution is 5.81. The number of unbranched alkanes of at least 4 members (excludes halogenated alkanes) is 3. The van der Waals surface area contributed by atoms with E-state index in [0.29, 0.717) is 13.2 Å². The normalized spacial score (nSPS) is 10.7. The van der Waals surface area contributed by atoms with E-state index in [4.69, 9.17) is 9.47 Å². The molecule has 0 amide bonds. The number of hydrogen-bond acceptors (Lipinski definition) is 5. The minimum atomic E-state index is -0.361. The van der Waals surface area contributed by atoms with E-state index in [1.165, 1.54) is 11.6 Å². The predicted molar refractivity (Wildman–Crippen MR) is 107 cm³/mol. The number of hydrogen-bond donors (Lipinski definition) is 0. The maximum Gasteiger partial charge on any atom is 0.330 e. The summed E-state index contributed by atoms with van der Waals surface area (Å²) in [6, 6.07) is 15.5. The van der Waals surface area contributed by atoms with E-state index in [1.54, 1.807) is 0 Å². The van der Waals surface area contributed by atoms with Crippen LogP contribution in [0.3, 0.4) is 0 Å². The lowest BCUT2D eigenvalue weighted by Crippen LogP contribution is -2.02. The largest absolute Gasteiger partial charge is 0.494 e. The van der Waals surface area contributed by atoms with Crippen molar-refractivity contribution in [2.45, 2.75) is 32.6 Å². The van der Waals surface area contributed by atoms with E-state index < -0.39 is 0 Å². The van der Waals surface area contributed by atoms with Crippen LogP contribution in [0.25, 0.3) is 0 Å². The SMILES string of the molecule is C=CC(=O)OCCCCCCOc1ccc(N=Nc2ccc(C)cc2)cc1. The molecule has 0 N–H and O–H groups in total. The molecule has 5 heteroatoms. The summed E-state index contributed by atoms with van der Waals surface area (Å²) in [6.07, 6.45) is 5.05. The number of esters is 1. The Bertz CT molecular complexity index is 737. The van der Waals surface area contributed by atoms with Crippen LogP contribution < -0.4 is 4.74 Å². The third-order valence-corrected chi connectivity index (χ3v) is 3.87. The number of ether oxygens (including phenoxy) is 2. The lowest BCUT2D eigenvalue weighted by Gasteiger charge is -2.06. The van der Waals surface area contributed by atoms with Gasteiger partial charge in [0.15, 0.2) is 0 Å². The average Bonchev–Trinajstić information content (AvgIpc) is 2.70. The van der Waals surface area contributed by atoms with Gasteiger partial charge in [0.05, 0.1) is 24.6 Å². The molecule has 0 aromatic heterocycles. The Hall–Kier alpha value is -2.95. The van der Waals surface area contributed by atoms with Crippen LogP contribution in [-0.4, -0.2) is 19.2 Å². The van der Waals surface area contributed by atoms with Crippen molar-refractivity contribution in [1.82, 2.24) is 0 Å². The van der Waals surface area contributed by atoms with Crippen molar-refractivity contribution in [3.05, 3.63) is 66.7 Å². The molecule has 0 spiro atoms. The molecule has 142 valence electrons. The quantitative estimate of drug-likeness (QED) is 0.210. The molecule has 0 atom stereocenters. The number of rotatable bonds is 11. The molecule has 0 bridgehead atoms. The Balaban J connectivity index is 1.62. The van der Waals surface area contributed by atoms with Gasteiger partial charge in [0.1, 0.15) is 5.75 Å². The van der Waals surface area contributed by atoms with E-state index in [9.17, 15) is 4.79 Å². The summed E-state index contributed by atoms with van der Waals surface area (Å²) in [6.45, 7) is 6.51. The number of azo groups is 1. The molecule has 2 aromatic rings. The maximum absolute atomic E-state index is 10.9. The number of aryl methyl sites for hydroxylation is 1. The average molecular weight is 366 g/mol. The smallest absolute Gasteiger partial charge is 0.330 e. The fourth-order valence-corrected chi connectivity index (χ4v) is 2.32. The summed E-state index contributed by atoms with van der Waals surface area (Å²) in [5, 5.41) is 8.45. The zero-order valence-electron chi connectivity index (χ0n) is 15.8. The summed E-state index contributed by atoms with van der Waals surface area (Å²) >= 11 is 0. The van der Waals surface area contributed by atoms with Crippen molar-refractivity contribution in [3.8, 4) is 5.75 Å². The van der Waals surface area contributed by atoms with E-state index in [2.05, 4.69) is 16.8 Å². The van der Waals surface area contributed by atoms with Gasteiger partial charge >= 0.3 is 5.97 Å². The molecular formula is C22H26N2O3. The van der Waals surface area contributed by atoms with Gasteiger partial charge in [0.25, 0.3) is 0 Å². The van der Waals surface area contributed by atoms with Gasteiger partial charge in [-0.15, -0.1) is 0 Å². The first-order valence-corrected chi connectivity index (χ1v) is 9.18. The first-order valence-electron chi connectivity index (χ1n) is 9.18. The van der Waals surface area contributed by atoms with Crippen molar-refractivity contribution in [2.75, 3.05) is 13.2 Å². The van der Waals surface area contributed by atoms with Crippen LogP contribution in [0, 0.1) is 6.92 Å². The Kier molecular flexibility index (Phi) is 8.77. The Morgan fingerprint density at radius 1 is 0.889 bits per heavy atom. The van der Waals surface area contributed by atoms with Gasteiger partial charge in [-0.1, -0.05) is 24.3 Å². The van der Waals surface area contributed by atoms with Gasteiger partial charge in [0.2, 0.25) is 0 Å². The Morgan fingerprint density at radius 2 is 1.44 bits per heavy atom. The van der Waals surface area contributed by atoms with Crippen LogP contribution in [0.15, 0.2) is 71.4 Å². The molecule has 0 aliphatic carbocycles. The third kappa shape index (κ3) is 8.31. The van der Waals surface area contributed by atoms with Crippen LogP contribution in [0.2, 0.25) is 0 Å². The number of carbonyl (C=O) groups is 1. The minimum Gasteiger partial charge on any atom is -0.494 e. The van der Waals surface area contributed by atoms with Gasteiger partial charge in [-0.05, 0) is 69.0 Å². The molecule has 0 heterocycles. The number of nitrogens with zero attached hydrogens (tertiary/aromatic N) is 2. The van der Waals surface area contributed by atoms with E-state index in [1.807, 2.05) is 55.5 Å². The summed E-state index contributed by atoms with van der Waals surface area (Å²) < 4.78 is 10.7. The molecule has 0 unspecified atom stereocenters. The first kappa shape index (κ1) is 20.4. The van der Waals surface area contributed by atoms with Crippen LogP contribution in [-0.2, 0) is 9.53 Å². The molecule has 0 saturated carbocycles. The molecule has 27 heavy (non-hydrogen) atoms. The topological polar surface area (TPSA) is 60.2 Å². The minimum absolute atomic E-state index is 0.361. The fraction of sp³-hybridized carbons (Fsp3) is 0.318. The second kappa shape index (κ2) is 11.6. The Labute approximate surface area is 160 Å². The van der Waals surface area contributed by atoms with Crippen molar-refractivity contribution < 1.29 is 14.3 Å². The summed E-state index contributed by atoms with van der Waals surface area (Å²) in [5.41, 5.74) is 2.82. The van der Waals surface area contributed by atoms with Gasteiger partial charge in [-0.3, -0.25) is 0 Å². The fourth-order valence-electron chi connectivity index (χ4n) is 2.32. The molecule has 2 aromatic carbocycles. The van der Waals surface area contributed by atoms with E-state index in [0.717, 1.165) is 42.8 Å². The van der Waals surface area contributed by atoms with Gasteiger partial charge in [0, 0.05) is 6.08 Å². The second-order valence-electron chi connectivity index (χ2n) is 6.16.